The molecule has 1 saturated carbocycles. The summed E-state index contributed by atoms with van der Waals surface area (Å²) in [5.74, 6) is 0. The number of benzene rings is 1. The van der Waals surface area contributed by atoms with Crippen LogP contribution in [0.25, 0.3) is 0 Å². The minimum absolute atomic E-state index is 0.229. The van der Waals surface area contributed by atoms with E-state index in [4.69, 9.17) is 4.74 Å². The fourth-order valence-corrected chi connectivity index (χ4v) is 3.46. The van der Waals surface area contributed by atoms with Gasteiger partial charge in [0.05, 0.1) is 0 Å². The predicted octanol–water partition coefficient (Wildman–Crippen LogP) is 4.66. The van der Waals surface area contributed by atoms with Crippen molar-refractivity contribution < 1.29 is 9.53 Å². The van der Waals surface area contributed by atoms with Crippen LogP contribution in [-0.4, -0.2) is 30.3 Å². The molecule has 0 spiro atoms. The van der Waals surface area contributed by atoms with Crippen LogP contribution in [0.5, 0.6) is 0 Å². The van der Waals surface area contributed by atoms with Crippen LogP contribution < -0.4 is 10.2 Å². The molecule has 1 aromatic carbocycles. The number of amides is 1. The molecule has 1 aliphatic rings. The first-order chi connectivity index (χ1) is 11.3. The Balaban J connectivity index is 1.88. The van der Waals surface area contributed by atoms with Gasteiger partial charge in [-0.05, 0) is 78.0 Å². The summed E-state index contributed by atoms with van der Waals surface area (Å²) in [5.41, 5.74) is 2.16. The highest BCUT2D eigenvalue weighted by Crippen LogP contribution is 2.28. The average molecular weight is 332 g/mol. The molecule has 0 unspecified atom stereocenters. The molecule has 0 saturated heterocycles. The molecule has 0 bridgehead atoms. The van der Waals surface area contributed by atoms with Gasteiger partial charge in [0.2, 0.25) is 0 Å². The van der Waals surface area contributed by atoms with E-state index in [1.54, 1.807) is 0 Å². The molecule has 0 aliphatic heterocycles. The molecule has 2 rings (SSSR count). The van der Waals surface area contributed by atoms with Crippen LogP contribution in [0.1, 0.15) is 58.9 Å². The van der Waals surface area contributed by atoms with Crippen LogP contribution in [0.3, 0.4) is 0 Å². The molecule has 1 N–H and O–H groups in total. The normalized spacial score (nSPS) is 21.2. The zero-order valence-corrected chi connectivity index (χ0v) is 15.8. The van der Waals surface area contributed by atoms with Crippen molar-refractivity contribution in [3.8, 4) is 0 Å². The van der Waals surface area contributed by atoms with Gasteiger partial charge in [-0.1, -0.05) is 12.1 Å². The predicted molar refractivity (Wildman–Crippen MR) is 99.6 cm³/mol. The third kappa shape index (κ3) is 5.43. The van der Waals surface area contributed by atoms with Crippen molar-refractivity contribution in [2.75, 3.05) is 11.4 Å². The van der Waals surface area contributed by atoms with E-state index in [9.17, 15) is 4.79 Å². The van der Waals surface area contributed by atoms with Crippen molar-refractivity contribution in [2.45, 2.75) is 78.0 Å². The molecule has 134 valence electrons. The topological polar surface area (TPSA) is 41.6 Å². The SMILES string of the molecule is CCN(c1cccc(C)c1)C1CCC(NC(=O)OC(C)(C)C)CC1. The summed E-state index contributed by atoms with van der Waals surface area (Å²) in [7, 11) is 0. The number of ether oxygens (including phenoxy) is 1. The summed E-state index contributed by atoms with van der Waals surface area (Å²) in [6.45, 7) is 11.0. The van der Waals surface area contributed by atoms with Gasteiger partial charge in [0, 0.05) is 24.3 Å². The fraction of sp³-hybridized carbons (Fsp3) is 0.650. The Morgan fingerprint density at radius 1 is 1.25 bits per heavy atom. The molecule has 4 nitrogen and oxygen atoms in total. The number of hydrogen-bond donors (Lipinski definition) is 1. The third-order valence-electron chi connectivity index (χ3n) is 4.53. The Bertz CT molecular complexity index is 543. The first-order valence-electron chi connectivity index (χ1n) is 9.11. The quantitative estimate of drug-likeness (QED) is 0.872. The minimum Gasteiger partial charge on any atom is -0.444 e. The summed E-state index contributed by atoms with van der Waals surface area (Å²) in [6, 6.07) is 9.50. The van der Waals surface area contributed by atoms with E-state index in [0.717, 1.165) is 32.2 Å². The maximum Gasteiger partial charge on any atom is 0.407 e. The summed E-state index contributed by atoms with van der Waals surface area (Å²) >= 11 is 0. The van der Waals surface area contributed by atoms with E-state index < -0.39 is 5.60 Å². The number of rotatable bonds is 4. The summed E-state index contributed by atoms with van der Waals surface area (Å²) in [5, 5.41) is 3.02. The highest BCUT2D eigenvalue weighted by molar-refractivity contribution is 5.68. The lowest BCUT2D eigenvalue weighted by molar-refractivity contribution is 0.0491. The van der Waals surface area contributed by atoms with Crippen LogP contribution in [0.2, 0.25) is 0 Å². The number of aryl methyl sites for hydroxylation is 1. The lowest BCUT2D eigenvalue weighted by Gasteiger charge is -2.38. The molecule has 1 aromatic rings. The first-order valence-corrected chi connectivity index (χ1v) is 9.11. The fourth-order valence-electron chi connectivity index (χ4n) is 3.46. The largest absolute Gasteiger partial charge is 0.444 e. The second-order valence-electron chi connectivity index (χ2n) is 7.78. The highest BCUT2D eigenvalue weighted by atomic mass is 16.6. The molecular formula is C20H32N2O2. The molecule has 1 fully saturated rings. The van der Waals surface area contributed by atoms with Gasteiger partial charge in [0.15, 0.2) is 0 Å². The van der Waals surface area contributed by atoms with E-state index >= 15 is 0 Å². The van der Waals surface area contributed by atoms with E-state index in [1.807, 2.05) is 20.8 Å². The molecule has 0 radical (unpaired) electrons. The summed E-state index contributed by atoms with van der Waals surface area (Å²) in [4.78, 5) is 14.4. The van der Waals surface area contributed by atoms with Gasteiger partial charge in [0.1, 0.15) is 5.60 Å². The van der Waals surface area contributed by atoms with E-state index in [1.165, 1.54) is 11.3 Å². The number of nitrogens with zero attached hydrogens (tertiary/aromatic N) is 1. The smallest absolute Gasteiger partial charge is 0.407 e. The van der Waals surface area contributed by atoms with E-state index in [2.05, 4.69) is 48.3 Å². The Morgan fingerprint density at radius 3 is 2.46 bits per heavy atom. The standard InChI is InChI=1S/C20H32N2O2/c1-6-22(18-9-7-8-15(2)14-18)17-12-10-16(11-13-17)21-19(23)24-20(3,4)5/h7-9,14,16-17H,6,10-13H2,1-5H3,(H,21,23). The van der Waals surface area contributed by atoms with E-state index in [-0.39, 0.29) is 12.1 Å². The molecule has 0 aromatic heterocycles. The number of alkyl carbamates (subject to hydrolysis) is 1. The average Bonchev–Trinajstić information content (AvgIpc) is 2.48. The molecule has 4 heteroatoms. The van der Waals surface area contributed by atoms with Crippen molar-refractivity contribution in [2.24, 2.45) is 0 Å². The summed E-state index contributed by atoms with van der Waals surface area (Å²) < 4.78 is 5.36. The van der Waals surface area contributed by atoms with Crippen molar-refractivity contribution in [3.05, 3.63) is 29.8 Å². The van der Waals surface area contributed by atoms with Crippen molar-refractivity contribution in [1.29, 1.82) is 0 Å². The van der Waals surface area contributed by atoms with Crippen LogP contribution in [0, 0.1) is 6.92 Å². The van der Waals surface area contributed by atoms with Gasteiger partial charge in [-0.2, -0.15) is 0 Å². The molecule has 0 atom stereocenters. The van der Waals surface area contributed by atoms with Crippen LogP contribution in [0.15, 0.2) is 24.3 Å². The van der Waals surface area contributed by atoms with Gasteiger partial charge >= 0.3 is 6.09 Å². The van der Waals surface area contributed by atoms with Crippen LogP contribution in [-0.2, 0) is 4.74 Å². The molecule has 1 aliphatic carbocycles. The summed E-state index contributed by atoms with van der Waals surface area (Å²) in [6.07, 6.45) is 3.92. The number of anilines is 1. The molecule has 0 heterocycles. The van der Waals surface area contributed by atoms with Crippen LogP contribution >= 0.6 is 0 Å². The van der Waals surface area contributed by atoms with Gasteiger partial charge in [-0.15, -0.1) is 0 Å². The number of carbonyl (C=O) groups is 1. The third-order valence-corrected chi connectivity index (χ3v) is 4.53. The van der Waals surface area contributed by atoms with E-state index in [0.29, 0.717) is 6.04 Å². The number of nitrogens with one attached hydrogen (secondary N) is 1. The Kier molecular flexibility index (Phi) is 6.14. The Hall–Kier alpha value is -1.71. The highest BCUT2D eigenvalue weighted by Gasteiger charge is 2.27. The zero-order chi connectivity index (χ0) is 17.7. The molecular weight excluding hydrogens is 300 g/mol. The monoisotopic (exact) mass is 332 g/mol. The molecule has 1 amide bonds. The minimum atomic E-state index is -0.439. The molecule has 24 heavy (non-hydrogen) atoms. The second-order valence-corrected chi connectivity index (χ2v) is 7.78. The van der Waals surface area contributed by atoms with Crippen molar-refractivity contribution in [1.82, 2.24) is 5.32 Å². The Labute approximate surface area is 146 Å². The lowest BCUT2D eigenvalue weighted by Crippen LogP contribution is -2.45. The van der Waals surface area contributed by atoms with Gasteiger partial charge in [-0.3, -0.25) is 0 Å². The van der Waals surface area contributed by atoms with Gasteiger partial charge in [-0.25, -0.2) is 4.79 Å². The van der Waals surface area contributed by atoms with Gasteiger partial charge in [0.25, 0.3) is 0 Å². The lowest BCUT2D eigenvalue weighted by atomic mass is 9.90. The van der Waals surface area contributed by atoms with Crippen molar-refractivity contribution in [3.63, 3.8) is 0 Å². The number of hydrogen-bond acceptors (Lipinski definition) is 3. The number of carbonyl (C=O) groups excluding carboxylic acids is 1. The van der Waals surface area contributed by atoms with Gasteiger partial charge < -0.3 is 15.0 Å². The second kappa shape index (κ2) is 7.91. The maximum absolute atomic E-state index is 11.9. The maximum atomic E-state index is 11.9. The zero-order valence-electron chi connectivity index (χ0n) is 15.8. The van der Waals surface area contributed by atoms with Crippen LogP contribution in [0.4, 0.5) is 10.5 Å². The first kappa shape index (κ1) is 18.6. The Morgan fingerprint density at radius 2 is 1.92 bits per heavy atom. The van der Waals surface area contributed by atoms with Crippen molar-refractivity contribution >= 4 is 11.8 Å².